The highest BCUT2D eigenvalue weighted by Gasteiger charge is 2.33. The molecule has 10 heteroatoms. The Bertz CT molecular complexity index is 1420. The number of benzene rings is 3. The predicted octanol–water partition coefficient (Wildman–Crippen LogP) is 5.62. The van der Waals surface area contributed by atoms with Gasteiger partial charge in [-0.2, -0.15) is 0 Å². The van der Waals surface area contributed by atoms with Crippen LogP contribution in [-0.4, -0.2) is 50.5 Å². The molecule has 1 N–H and O–H groups in total. The number of hydrogen-bond donors (Lipinski definition) is 1. The van der Waals surface area contributed by atoms with Crippen molar-refractivity contribution in [2.45, 2.75) is 45.7 Å². The van der Waals surface area contributed by atoms with Gasteiger partial charge in [0.25, 0.3) is 0 Å². The zero-order valence-electron chi connectivity index (χ0n) is 22.9. The second-order valence-electron chi connectivity index (χ2n) is 9.73. The van der Waals surface area contributed by atoms with Crippen LogP contribution in [0.4, 0.5) is 5.69 Å². The van der Waals surface area contributed by atoms with Gasteiger partial charge < -0.3 is 10.2 Å². The fourth-order valence-corrected chi connectivity index (χ4v) is 5.63. The van der Waals surface area contributed by atoms with Crippen LogP contribution < -0.4 is 9.62 Å². The molecule has 0 saturated carbocycles. The standard InChI is InChI=1S/C30H35Cl2N3O4S/c1-4-5-16-33-30(37)28(18-23-11-7-6-8-12-23)34(20-24-13-9-10-22(2)17-24)29(36)21-35(40(3,38)39)27-19-25(31)14-15-26(27)32/h6-15,17,19,28H,4-5,16,18,20-21H2,1-3H3,(H,33,37)/t28-/m1/s1. The topological polar surface area (TPSA) is 86.8 Å². The Kier molecular flexibility index (Phi) is 11.4. The number of unbranched alkanes of at least 4 members (excludes halogenated alkanes) is 1. The lowest BCUT2D eigenvalue weighted by atomic mass is 10.0. The molecule has 3 rings (SSSR count). The van der Waals surface area contributed by atoms with E-state index in [1.807, 2.05) is 68.4 Å². The van der Waals surface area contributed by atoms with Crippen LogP contribution >= 0.6 is 23.2 Å². The summed E-state index contributed by atoms with van der Waals surface area (Å²) in [6, 6.07) is 20.6. The lowest BCUT2D eigenvalue weighted by Gasteiger charge is -2.33. The van der Waals surface area contributed by atoms with E-state index >= 15 is 0 Å². The van der Waals surface area contributed by atoms with Gasteiger partial charge in [0.2, 0.25) is 21.8 Å². The highest BCUT2D eigenvalue weighted by Crippen LogP contribution is 2.31. The summed E-state index contributed by atoms with van der Waals surface area (Å²) < 4.78 is 26.7. The predicted molar refractivity (Wildman–Crippen MR) is 162 cm³/mol. The number of rotatable bonds is 13. The van der Waals surface area contributed by atoms with Crippen LogP contribution in [0.15, 0.2) is 72.8 Å². The first kappa shape index (κ1) is 31.5. The SMILES string of the molecule is CCCCNC(=O)[C@@H](Cc1ccccc1)N(Cc1cccc(C)c1)C(=O)CN(c1cc(Cl)ccc1Cl)S(C)(=O)=O. The van der Waals surface area contributed by atoms with Gasteiger partial charge >= 0.3 is 0 Å². The maximum Gasteiger partial charge on any atom is 0.244 e. The second-order valence-corrected chi connectivity index (χ2v) is 12.5. The van der Waals surface area contributed by atoms with Crippen LogP contribution in [0.1, 0.15) is 36.5 Å². The molecule has 7 nitrogen and oxygen atoms in total. The van der Waals surface area contributed by atoms with Crippen molar-refractivity contribution in [2.24, 2.45) is 0 Å². The number of nitrogens with one attached hydrogen (secondary N) is 1. The molecular weight excluding hydrogens is 569 g/mol. The average molecular weight is 605 g/mol. The lowest BCUT2D eigenvalue weighted by Crippen LogP contribution is -2.53. The summed E-state index contributed by atoms with van der Waals surface area (Å²) in [7, 11) is -3.95. The summed E-state index contributed by atoms with van der Waals surface area (Å²) in [5, 5.41) is 3.37. The van der Waals surface area contributed by atoms with Crippen molar-refractivity contribution in [2.75, 3.05) is 23.7 Å². The van der Waals surface area contributed by atoms with Gasteiger partial charge in [-0.25, -0.2) is 8.42 Å². The number of amides is 2. The van der Waals surface area contributed by atoms with Gasteiger partial charge in [-0.1, -0.05) is 96.7 Å². The number of hydrogen-bond acceptors (Lipinski definition) is 4. The molecule has 1 atom stereocenters. The summed E-state index contributed by atoms with van der Waals surface area (Å²) in [4.78, 5) is 29.1. The third-order valence-electron chi connectivity index (χ3n) is 6.39. The van der Waals surface area contributed by atoms with Gasteiger partial charge in [-0.05, 0) is 42.7 Å². The quantitative estimate of drug-likeness (QED) is 0.257. The molecule has 214 valence electrons. The molecule has 3 aromatic rings. The average Bonchev–Trinajstić information content (AvgIpc) is 2.90. The third-order valence-corrected chi connectivity index (χ3v) is 8.07. The number of carbonyl (C=O) groups is 2. The second kappa shape index (κ2) is 14.5. The summed E-state index contributed by atoms with van der Waals surface area (Å²) in [5.74, 6) is -0.848. The van der Waals surface area contributed by atoms with Gasteiger partial charge in [0.15, 0.2) is 0 Å². The van der Waals surface area contributed by atoms with Crippen molar-refractivity contribution in [3.05, 3.63) is 99.5 Å². The highest BCUT2D eigenvalue weighted by atomic mass is 35.5. The van der Waals surface area contributed by atoms with Crippen LogP contribution in [0.5, 0.6) is 0 Å². The Labute approximate surface area is 247 Å². The molecule has 0 unspecified atom stereocenters. The number of halogens is 2. The van der Waals surface area contributed by atoms with Crippen molar-refractivity contribution < 1.29 is 18.0 Å². The third kappa shape index (κ3) is 8.98. The van der Waals surface area contributed by atoms with Crippen molar-refractivity contribution in [3.8, 4) is 0 Å². The van der Waals surface area contributed by atoms with E-state index in [2.05, 4.69) is 5.32 Å². The van der Waals surface area contributed by atoms with Crippen molar-refractivity contribution in [1.29, 1.82) is 0 Å². The Morgan fingerprint density at radius 1 is 0.950 bits per heavy atom. The molecule has 0 aliphatic rings. The molecule has 0 aromatic heterocycles. The molecule has 3 aromatic carbocycles. The number of anilines is 1. The summed E-state index contributed by atoms with van der Waals surface area (Å²) in [6.07, 6.45) is 2.96. The molecule has 0 aliphatic heterocycles. The van der Waals surface area contributed by atoms with E-state index in [0.717, 1.165) is 40.1 Å². The molecule has 0 spiro atoms. The van der Waals surface area contributed by atoms with E-state index < -0.39 is 28.5 Å². The van der Waals surface area contributed by atoms with E-state index in [-0.39, 0.29) is 34.6 Å². The molecule has 0 aliphatic carbocycles. The van der Waals surface area contributed by atoms with Gasteiger partial charge in [-0.15, -0.1) is 0 Å². The summed E-state index contributed by atoms with van der Waals surface area (Å²) in [5.41, 5.74) is 2.78. The maximum absolute atomic E-state index is 14.1. The minimum atomic E-state index is -3.95. The van der Waals surface area contributed by atoms with Crippen LogP contribution in [-0.2, 0) is 32.6 Å². The molecule has 0 bridgehead atoms. The molecule has 0 saturated heterocycles. The van der Waals surface area contributed by atoms with Gasteiger partial charge in [0.1, 0.15) is 12.6 Å². The minimum absolute atomic E-state index is 0.0903. The monoisotopic (exact) mass is 603 g/mol. The van der Waals surface area contributed by atoms with E-state index in [4.69, 9.17) is 23.2 Å². The van der Waals surface area contributed by atoms with Crippen LogP contribution in [0.3, 0.4) is 0 Å². The maximum atomic E-state index is 14.1. The van der Waals surface area contributed by atoms with Gasteiger partial charge in [0, 0.05) is 24.5 Å². The largest absolute Gasteiger partial charge is 0.354 e. The Morgan fingerprint density at radius 3 is 2.30 bits per heavy atom. The van der Waals surface area contributed by atoms with E-state index in [9.17, 15) is 18.0 Å². The van der Waals surface area contributed by atoms with Crippen LogP contribution in [0.2, 0.25) is 10.0 Å². The van der Waals surface area contributed by atoms with Crippen LogP contribution in [0.25, 0.3) is 0 Å². The van der Waals surface area contributed by atoms with E-state index in [1.165, 1.54) is 23.1 Å². The number of sulfonamides is 1. The molecular formula is C30H35Cl2N3O4S. The van der Waals surface area contributed by atoms with E-state index in [1.54, 1.807) is 0 Å². The van der Waals surface area contributed by atoms with Crippen molar-refractivity contribution in [3.63, 3.8) is 0 Å². The molecule has 40 heavy (non-hydrogen) atoms. The van der Waals surface area contributed by atoms with Gasteiger partial charge in [0.05, 0.1) is 17.0 Å². The molecule has 2 amide bonds. The zero-order valence-corrected chi connectivity index (χ0v) is 25.3. The first-order valence-electron chi connectivity index (χ1n) is 13.1. The van der Waals surface area contributed by atoms with E-state index in [0.29, 0.717) is 6.54 Å². The lowest BCUT2D eigenvalue weighted by molar-refractivity contribution is -0.140. The Balaban J connectivity index is 2.06. The molecule has 0 radical (unpaired) electrons. The number of nitrogens with zero attached hydrogens (tertiary/aromatic N) is 2. The first-order valence-corrected chi connectivity index (χ1v) is 15.7. The minimum Gasteiger partial charge on any atom is -0.354 e. The normalized spacial score (nSPS) is 12.0. The fourth-order valence-electron chi connectivity index (χ4n) is 4.34. The zero-order chi connectivity index (χ0) is 29.3. The van der Waals surface area contributed by atoms with Gasteiger partial charge in [-0.3, -0.25) is 13.9 Å². The summed E-state index contributed by atoms with van der Waals surface area (Å²) in [6.45, 7) is 4.00. The first-order chi connectivity index (χ1) is 19.0. The Morgan fingerprint density at radius 2 is 1.65 bits per heavy atom. The molecule has 0 fully saturated rings. The summed E-state index contributed by atoms with van der Waals surface area (Å²) >= 11 is 12.5. The highest BCUT2D eigenvalue weighted by molar-refractivity contribution is 7.92. The van der Waals surface area contributed by atoms with Crippen molar-refractivity contribution in [1.82, 2.24) is 10.2 Å². The Hall–Kier alpha value is -3.07. The smallest absolute Gasteiger partial charge is 0.244 e. The fraction of sp³-hybridized carbons (Fsp3) is 0.333. The number of aryl methyl sites for hydroxylation is 1. The van der Waals surface area contributed by atoms with Crippen molar-refractivity contribution >= 4 is 50.7 Å². The number of carbonyl (C=O) groups excluding carboxylic acids is 2. The van der Waals surface area contributed by atoms with Crippen LogP contribution in [0, 0.1) is 6.92 Å². The molecule has 0 heterocycles.